The van der Waals surface area contributed by atoms with Gasteiger partial charge in [0.25, 0.3) is 0 Å². The van der Waals surface area contributed by atoms with Crippen LogP contribution in [-0.4, -0.2) is 29.5 Å². The predicted octanol–water partition coefficient (Wildman–Crippen LogP) is 3.88. The maximum absolute atomic E-state index is 12.2. The average Bonchev–Trinajstić information content (AvgIpc) is 2.58. The van der Waals surface area contributed by atoms with Crippen LogP contribution in [0.15, 0.2) is 51.7 Å². The van der Waals surface area contributed by atoms with Crippen molar-refractivity contribution in [2.24, 2.45) is 0 Å². The number of anilines is 1. The molecular formula is C19H16Cl2N2O4. The fourth-order valence-electron chi connectivity index (χ4n) is 2.71. The number of nitrogens with one attached hydrogen (secondary N) is 1. The second kappa shape index (κ2) is 8.00. The highest BCUT2D eigenvalue weighted by Crippen LogP contribution is 2.30. The Morgan fingerprint density at radius 3 is 2.67 bits per heavy atom. The van der Waals surface area contributed by atoms with Gasteiger partial charge in [-0.15, -0.1) is 0 Å². The average molecular weight is 407 g/mol. The van der Waals surface area contributed by atoms with Crippen molar-refractivity contribution in [3.63, 3.8) is 0 Å². The van der Waals surface area contributed by atoms with E-state index in [1.165, 1.54) is 18.2 Å². The molecule has 6 nitrogen and oxygen atoms in total. The van der Waals surface area contributed by atoms with E-state index in [1.807, 2.05) is 0 Å². The number of aromatic hydroxyl groups is 1. The van der Waals surface area contributed by atoms with Gasteiger partial charge in [-0.2, -0.15) is 0 Å². The van der Waals surface area contributed by atoms with E-state index in [0.29, 0.717) is 28.2 Å². The topological polar surface area (TPSA) is 82.8 Å². The second-order valence-electron chi connectivity index (χ2n) is 6.09. The Bertz CT molecular complexity index is 1070. The molecule has 27 heavy (non-hydrogen) atoms. The number of fused-ring (bicyclic) bond motifs is 1. The smallest absolute Gasteiger partial charge is 0.336 e. The van der Waals surface area contributed by atoms with Gasteiger partial charge in [-0.3, -0.25) is 9.69 Å². The third-order valence-electron chi connectivity index (χ3n) is 3.90. The first-order chi connectivity index (χ1) is 12.8. The first-order valence-electron chi connectivity index (χ1n) is 8.01. The van der Waals surface area contributed by atoms with Crippen LogP contribution in [0.1, 0.15) is 5.56 Å². The van der Waals surface area contributed by atoms with E-state index in [-0.39, 0.29) is 28.8 Å². The van der Waals surface area contributed by atoms with Gasteiger partial charge in [0.1, 0.15) is 11.3 Å². The Hall–Kier alpha value is -2.54. The monoisotopic (exact) mass is 406 g/mol. The minimum absolute atomic E-state index is 0.0821. The van der Waals surface area contributed by atoms with Gasteiger partial charge in [-0.25, -0.2) is 4.79 Å². The fraction of sp³-hybridized carbons (Fsp3) is 0.158. The van der Waals surface area contributed by atoms with Crippen molar-refractivity contribution in [1.29, 1.82) is 0 Å². The Balaban J connectivity index is 1.77. The molecule has 2 aromatic carbocycles. The van der Waals surface area contributed by atoms with Crippen molar-refractivity contribution in [2.45, 2.75) is 6.54 Å². The number of halogens is 2. The van der Waals surface area contributed by atoms with Crippen LogP contribution in [0, 0.1) is 0 Å². The van der Waals surface area contributed by atoms with E-state index in [2.05, 4.69) is 5.32 Å². The number of phenols is 1. The summed E-state index contributed by atoms with van der Waals surface area (Å²) in [6.07, 6.45) is 0. The number of rotatable bonds is 5. The third-order valence-corrected chi connectivity index (χ3v) is 4.53. The molecule has 8 heteroatoms. The van der Waals surface area contributed by atoms with Crippen molar-refractivity contribution >= 4 is 45.8 Å². The lowest BCUT2D eigenvalue weighted by Crippen LogP contribution is -2.30. The highest BCUT2D eigenvalue weighted by atomic mass is 35.5. The van der Waals surface area contributed by atoms with E-state index >= 15 is 0 Å². The quantitative estimate of drug-likeness (QED) is 0.628. The van der Waals surface area contributed by atoms with Crippen LogP contribution >= 0.6 is 23.2 Å². The Morgan fingerprint density at radius 2 is 1.93 bits per heavy atom. The summed E-state index contributed by atoms with van der Waals surface area (Å²) < 4.78 is 5.11. The number of hydrogen-bond donors (Lipinski definition) is 2. The van der Waals surface area contributed by atoms with Gasteiger partial charge in [0.2, 0.25) is 5.91 Å². The highest BCUT2D eigenvalue weighted by molar-refractivity contribution is 6.33. The number of likely N-dealkylation sites (N-methyl/N-ethyl adjacent to an activating group) is 1. The van der Waals surface area contributed by atoms with Crippen LogP contribution in [0.4, 0.5) is 5.69 Å². The molecule has 0 aliphatic rings. The molecule has 0 fully saturated rings. The van der Waals surface area contributed by atoms with Crippen molar-refractivity contribution < 1.29 is 14.3 Å². The summed E-state index contributed by atoms with van der Waals surface area (Å²) in [5.41, 5.74) is 0.850. The lowest BCUT2D eigenvalue weighted by Gasteiger charge is -2.17. The molecule has 0 aliphatic carbocycles. The van der Waals surface area contributed by atoms with Crippen LogP contribution in [0.3, 0.4) is 0 Å². The van der Waals surface area contributed by atoms with E-state index < -0.39 is 5.63 Å². The van der Waals surface area contributed by atoms with E-state index in [0.717, 1.165) is 0 Å². The zero-order valence-corrected chi connectivity index (χ0v) is 15.8. The van der Waals surface area contributed by atoms with Crippen LogP contribution in [0.2, 0.25) is 10.0 Å². The molecule has 0 bridgehead atoms. The first kappa shape index (κ1) is 19.2. The maximum atomic E-state index is 12.2. The zero-order chi connectivity index (χ0) is 19.6. The normalized spacial score (nSPS) is 11.1. The van der Waals surface area contributed by atoms with E-state index in [4.69, 9.17) is 27.6 Å². The number of nitrogens with zero attached hydrogens (tertiary/aromatic N) is 1. The van der Waals surface area contributed by atoms with Crippen molar-refractivity contribution in [3.8, 4) is 5.75 Å². The first-order valence-corrected chi connectivity index (χ1v) is 8.77. The summed E-state index contributed by atoms with van der Waals surface area (Å²) in [5, 5.41) is 13.6. The summed E-state index contributed by atoms with van der Waals surface area (Å²) in [5.74, 6) is -0.412. The third kappa shape index (κ3) is 4.60. The molecule has 0 unspecified atom stereocenters. The van der Waals surface area contributed by atoms with Gasteiger partial charge >= 0.3 is 5.63 Å². The molecule has 1 heterocycles. The van der Waals surface area contributed by atoms with Crippen LogP contribution in [0.5, 0.6) is 5.75 Å². The molecule has 3 rings (SSSR count). The van der Waals surface area contributed by atoms with Crippen LogP contribution in [-0.2, 0) is 11.3 Å². The van der Waals surface area contributed by atoms with E-state index in [1.54, 1.807) is 36.2 Å². The molecule has 0 aliphatic heterocycles. The molecular weight excluding hydrogens is 391 g/mol. The van der Waals surface area contributed by atoms with Gasteiger partial charge in [-0.1, -0.05) is 35.3 Å². The van der Waals surface area contributed by atoms with Gasteiger partial charge in [0, 0.05) is 24.1 Å². The lowest BCUT2D eigenvalue weighted by molar-refractivity contribution is -0.117. The molecule has 1 aromatic heterocycles. The number of benzene rings is 2. The van der Waals surface area contributed by atoms with Gasteiger partial charge < -0.3 is 14.8 Å². The number of para-hydroxylation sites is 1. The predicted molar refractivity (Wildman–Crippen MR) is 106 cm³/mol. The summed E-state index contributed by atoms with van der Waals surface area (Å²) in [7, 11) is 1.74. The lowest BCUT2D eigenvalue weighted by atomic mass is 10.1. The van der Waals surface area contributed by atoms with Crippen molar-refractivity contribution in [3.05, 3.63) is 68.5 Å². The SMILES string of the molecule is CN(CC(=O)Nc1ccccc1Cl)Cc1cc(=O)oc2cc(O)c(Cl)cc12. The van der Waals surface area contributed by atoms with Crippen molar-refractivity contribution in [1.82, 2.24) is 4.90 Å². The molecule has 3 aromatic rings. The summed E-state index contributed by atoms with van der Waals surface area (Å²) >= 11 is 12.0. The van der Waals surface area contributed by atoms with Gasteiger partial charge in [0.15, 0.2) is 0 Å². The zero-order valence-electron chi connectivity index (χ0n) is 14.3. The summed E-state index contributed by atoms with van der Waals surface area (Å²) in [4.78, 5) is 25.8. The second-order valence-corrected chi connectivity index (χ2v) is 6.91. The van der Waals surface area contributed by atoms with Crippen LogP contribution < -0.4 is 10.9 Å². The number of amides is 1. The minimum atomic E-state index is -0.548. The number of phenolic OH excluding ortho intramolecular Hbond substituents is 1. The van der Waals surface area contributed by atoms with Crippen LogP contribution in [0.25, 0.3) is 11.0 Å². The largest absolute Gasteiger partial charge is 0.506 e. The molecule has 0 radical (unpaired) electrons. The standard InChI is InChI=1S/C19H16Cl2N2O4/c1-23(10-18(25)22-15-5-3-2-4-13(15)20)9-11-6-19(26)27-17-8-16(24)14(21)7-12(11)17/h2-8,24H,9-10H2,1H3,(H,22,25). The fourth-order valence-corrected chi connectivity index (χ4v) is 3.06. The molecule has 0 spiro atoms. The Morgan fingerprint density at radius 1 is 1.19 bits per heavy atom. The van der Waals surface area contributed by atoms with Gasteiger partial charge in [0.05, 0.1) is 22.3 Å². The van der Waals surface area contributed by atoms with Crippen molar-refractivity contribution in [2.75, 3.05) is 18.9 Å². The number of carbonyl (C=O) groups is 1. The molecule has 0 saturated heterocycles. The Kier molecular flexibility index (Phi) is 5.70. The van der Waals surface area contributed by atoms with Gasteiger partial charge in [-0.05, 0) is 30.8 Å². The molecule has 2 N–H and O–H groups in total. The summed E-state index contributed by atoms with van der Waals surface area (Å²) in [6, 6.07) is 11.1. The van der Waals surface area contributed by atoms with E-state index in [9.17, 15) is 14.7 Å². The summed E-state index contributed by atoms with van der Waals surface area (Å²) in [6.45, 7) is 0.387. The Labute approximate surface area is 164 Å². The molecule has 1 amide bonds. The maximum Gasteiger partial charge on any atom is 0.336 e. The molecule has 0 atom stereocenters. The molecule has 0 saturated carbocycles. The minimum Gasteiger partial charge on any atom is -0.506 e. The number of hydrogen-bond acceptors (Lipinski definition) is 5. The highest BCUT2D eigenvalue weighted by Gasteiger charge is 2.14. The molecule has 140 valence electrons. The number of carbonyl (C=O) groups excluding carboxylic acids is 1.